The van der Waals surface area contributed by atoms with E-state index in [1.165, 1.54) is 6.20 Å². The number of carbonyl (C=O) groups is 1. The second kappa shape index (κ2) is 6.85. The molecule has 0 spiro atoms. The van der Waals surface area contributed by atoms with Crippen molar-refractivity contribution >= 4 is 15.9 Å². The van der Waals surface area contributed by atoms with Gasteiger partial charge in [0, 0.05) is 17.3 Å². The van der Waals surface area contributed by atoms with E-state index in [4.69, 9.17) is 0 Å². The van der Waals surface area contributed by atoms with Crippen molar-refractivity contribution in [2.75, 3.05) is 0 Å². The summed E-state index contributed by atoms with van der Waals surface area (Å²) < 4.78 is 29.2. The third kappa shape index (κ3) is 3.52. The average molecular weight is 427 g/mol. The standard InChI is InChI=1S/C22H26N4O3S/c1-15-12-23-13-19(24-15)20(27)25-21-8-16-7-17(9-21)11-22(10-16,14-21)26-30(28,29)18-5-3-2-4-6-18/h2-6,12-13,16-17,26H,7-11,14H2,1H3,(H,25,27). The Kier molecular flexibility index (Phi) is 4.48. The molecule has 2 atom stereocenters. The number of benzene rings is 1. The van der Waals surface area contributed by atoms with E-state index in [0.29, 0.717) is 29.6 Å². The number of amides is 1. The highest BCUT2D eigenvalue weighted by Crippen LogP contribution is 2.57. The van der Waals surface area contributed by atoms with Crippen LogP contribution in [0.2, 0.25) is 0 Å². The highest BCUT2D eigenvalue weighted by Gasteiger charge is 2.59. The van der Waals surface area contributed by atoms with E-state index >= 15 is 0 Å². The van der Waals surface area contributed by atoms with Crippen molar-refractivity contribution < 1.29 is 13.2 Å². The Hall–Kier alpha value is -2.32. The molecule has 8 heteroatoms. The van der Waals surface area contributed by atoms with Crippen LogP contribution in [0.25, 0.3) is 0 Å². The maximum atomic E-state index is 13.1. The lowest BCUT2D eigenvalue weighted by atomic mass is 9.50. The number of hydrogen-bond acceptors (Lipinski definition) is 5. The Balaban J connectivity index is 1.42. The van der Waals surface area contributed by atoms with Gasteiger partial charge < -0.3 is 5.32 Å². The molecule has 4 saturated carbocycles. The summed E-state index contributed by atoms with van der Waals surface area (Å²) in [4.78, 5) is 21.6. The first-order valence-corrected chi connectivity index (χ1v) is 12.0. The molecule has 4 aliphatic carbocycles. The van der Waals surface area contributed by atoms with Gasteiger partial charge in [-0.3, -0.25) is 9.78 Å². The minimum absolute atomic E-state index is 0.228. The van der Waals surface area contributed by atoms with Crippen molar-refractivity contribution in [1.82, 2.24) is 20.0 Å². The Morgan fingerprint density at radius 1 is 1.03 bits per heavy atom. The van der Waals surface area contributed by atoms with Crippen LogP contribution in [0.4, 0.5) is 0 Å². The van der Waals surface area contributed by atoms with Crippen molar-refractivity contribution in [2.24, 2.45) is 11.8 Å². The van der Waals surface area contributed by atoms with Gasteiger partial charge in [0.25, 0.3) is 5.91 Å². The molecule has 4 aliphatic rings. The van der Waals surface area contributed by atoms with Gasteiger partial charge in [-0.15, -0.1) is 0 Å². The Morgan fingerprint density at radius 2 is 1.70 bits per heavy atom. The monoisotopic (exact) mass is 426 g/mol. The molecular weight excluding hydrogens is 400 g/mol. The molecule has 0 radical (unpaired) electrons. The Bertz CT molecular complexity index is 1070. The first-order chi connectivity index (χ1) is 14.3. The third-order valence-electron chi connectivity index (χ3n) is 6.83. The van der Waals surface area contributed by atoms with E-state index in [9.17, 15) is 13.2 Å². The van der Waals surface area contributed by atoms with Crippen molar-refractivity contribution in [1.29, 1.82) is 0 Å². The van der Waals surface area contributed by atoms with Crippen LogP contribution < -0.4 is 10.0 Å². The number of nitrogens with one attached hydrogen (secondary N) is 2. The van der Waals surface area contributed by atoms with Gasteiger partial charge in [-0.05, 0) is 69.4 Å². The fourth-order valence-corrected chi connectivity index (χ4v) is 7.79. The lowest BCUT2D eigenvalue weighted by Crippen LogP contribution is -2.69. The highest BCUT2D eigenvalue weighted by molar-refractivity contribution is 7.89. The molecule has 30 heavy (non-hydrogen) atoms. The predicted molar refractivity (Wildman–Crippen MR) is 111 cm³/mol. The first kappa shape index (κ1) is 19.6. The van der Waals surface area contributed by atoms with Crippen LogP contribution in [-0.4, -0.2) is 35.4 Å². The Labute approximate surface area is 176 Å². The maximum absolute atomic E-state index is 13.1. The van der Waals surface area contributed by atoms with Gasteiger partial charge in [0.1, 0.15) is 5.69 Å². The van der Waals surface area contributed by atoms with Gasteiger partial charge in [0.05, 0.1) is 16.8 Å². The number of rotatable bonds is 5. The van der Waals surface area contributed by atoms with E-state index in [1.54, 1.807) is 30.5 Å². The molecule has 4 bridgehead atoms. The number of sulfonamides is 1. The highest BCUT2D eigenvalue weighted by atomic mass is 32.2. The quantitative estimate of drug-likeness (QED) is 0.765. The molecule has 2 aromatic rings. The lowest BCUT2D eigenvalue weighted by Gasteiger charge is -2.62. The third-order valence-corrected chi connectivity index (χ3v) is 8.43. The van der Waals surface area contributed by atoms with Gasteiger partial charge in [-0.1, -0.05) is 18.2 Å². The lowest BCUT2D eigenvalue weighted by molar-refractivity contribution is -0.0390. The number of aryl methyl sites for hydroxylation is 1. The molecule has 2 N–H and O–H groups in total. The van der Waals surface area contributed by atoms with Crippen LogP contribution in [0.1, 0.15) is 54.7 Å². The van der Waals surface area contributed by atoms with E-state index in [0.717, 1.165) is 32.1 Å². The maximum Gasteiger partial charge on any atom is 0.271 e. The summed E-state index contributed by atoms with van der Waals surface area (Å²) in [6, 6.07) is 8.52. The smallest absolute Gasteiger partial charge is 0.271 e. The van der Waals surface area contributed by atoms with Crippen LogP contribution in [0.3, 0.4) is 0 Å². The second-order valence-corrected chi connectivity index (χ2v) is 11.1. The fourth-order valence-electron chi connectivity index (χ4n) is 6.35. The van der Waals surface area contributed by atoms with Crippen molar-refractivity contribution in [3.05, 3.63) is 54.1 Å². The minimum Gasteiger partial charge on any atom is -0.345 e. The van der Waals surface area contributed by atoms with Crippen LogP contribution in [0.5, 0.6) is 0 Å². The summed E-state index contributed by atoms with van der Waals surface area (Å²) in [7, 11) is -3.62. The van der Waals surface area contributed by atoms with Crippen molar-refractivity contribution in [3.8, 4) is 0 Å². The summed E-state index contributed by atoms with van der Waals surface area (Å²) in [5.74, 6) is 0.594. The zero-order valence-electron chi connectivity index (χ0n) is 17.0. The van der Waals surface area contributed by atoms with Crippen LogP contribution >= 0.6 is 0 Å². The topological polar surface area (TPSA) is 101 Å². The SMILES string of the molecule is Cc1cncc(C(=O)NC23CC4CC(C2)CC(NS(=O)(=O)c2ccccc2)(C4)C3)n1. The van der Waals surface area contributed by atoms with E-state index in [1.807, 2.05) is 13.0 Å². The molecule has 4 fully saturated rings. The molecule has 0 saturated heterocycles. The molecule has 7 nitrogen and oxygen atoms in total. The normalized spacial score (nSPS) is 32.2. The van der Waals surface area contributed by atoms with Crippen LogP contribution in [0.15, 0.2) is 47.6 Å². The largest absolute Gasteiger partial charge is 0.345 e. The van der Waals surface area contributed by atoms with E-state index in [2.05, 4.69) is 20.0 Å². The van der Waals surface area contributed by atoms with Gasteiger partial charge in [-0.2, -0.15) is 0 Å². The number of carbonyl (C=O) groups excluding carboxylic acids is 1. The van der Waals surface area contributed by atoms with Gasteiger partial charge in [-0.25, -0.2) is 18.1 Å². The average Bonchev–Trinajstić information content (AvgIpc) is 2.66. The van der Waals surface area contributed by atoms with E-state index in [-0.39, 0.29) is 10.8 Å². The van der Waals surface area contributed by atoms with Crippen LogP contribution in [0, 0.1) is 18.8 Å². The molecule has 6 rings (SSSR count). The van der Waals surface area contributed by atoms with E-state index < -0.39 is 21.1 Å². The fraction of sp³-hybridized carbons (Fsp3) is 0.500. The summed E-state index contributed by atoms with van der Waals surface area (Å²) in [6.45, 7) is 1.81. The molecule has 2 unspecified atom stereocenters. The number of aromatic nitrogens is 2. The van der Waals surface area contributed by atoms with Gasteiger partial charge in [0.15, 0.2) is 0 Å². The summed E-state index contributed by atoms with van der Waals surface area (Å²) in [6.07, 6.45) is 8.27. The zero-order chi connectivity index (χ0) is 21.0. The molecule has 1 aromatic carbocycles. The van der Waals surface area contributed by atoms with Gasteiger partial charge in [0.2, 0.25) is 10.0 Å². The molecule has 158 valence electrons. The predicted octanol–water partition coefficient (Wildman–Crippen LogP) is 2.58. The Morgan fingerprint density at radius 3 is 2.37 bits per heavy atom. The number of nitrogens with zero attached hydrogens (tertiary/aromatic N) is 2. The molecular formula is C22H26N4O3S. The van der Waals surface area contributed by atoms with Crippen LogP contribution in [-0.2, 0) is 10.0 Å². The van der Waals surface area contributed by atoms with Crippen molar-refractivity contribution in [3.63, 3.8) is 0 Å². The zero-order valence-corrected chi connectivity index (χ0v) is 17.8. The summed E-state index contributed by atoms with van der Waals surface area (Å²) in [5, 5.41) is 3.24. The summed E-state index contributed by atoms with van der Waals surface area (Å²) in [5.41, 5.74) is 0.0979. The van der Waals surface area contributed by atoms with Gasteiger partial charge >= 0.3 is 0 Å². The molecule has 0 aliphatic heterocycles. The molecule has 1 aromatic heterocycles. The second-order valence-electron chi connectivity index (χ2n) is 9.44. The molecule has 1 amide bonds. The van der Waals surface area contributed by atoms with Crippen molar-refractivity contribution in [2.45, 2.75) is 61.4 Å². The first-order valence-electron chi connectivity index (χ1n) is 10.5. The minimum atomic E-state index is -3.62. The molecule has 1 heterocycles. The number of hydrogen-bond donors (Lipinski definition) is 2. The summed E-state index contributed by atoms with van der Waals surface area (Å²) >= 11 is 0.